The number of hydrogen-bond acceptors (Lipinski definition) is 10. The van der Waals surface area contributed by atoms with E-state index in [4.69, 9.17) is 23.7 Å². The number of carbonyl (C=O) groups is 5. The standard InChI is InChI=1S/C18H28O4.C18H30O2.C17H28O2.C16H26O2/c1-4-11(2)17(20)21-10-16(19)22-18(3)14-6-12-5-13(8-14)9-15(18)7-12;1-5-12(4)17(19)20-18(11(2)3)15-7-13-6-14(9-15)10-16(18)8-13;1-4-11(3)16(18)19-17(5-2)14-7-12-6-13(9-14)10-15(17)8-12;1-4-10(2)15(17)18-16(3)13-6-11-5-12(8-13)9-14(16)7-11/h11-15H,4-10H2,1-3H3;11-16H,5-10H2,1-4H3;11-15H,4-10H2,1-3H3;10-14H,4-9H2,1-3H3. The lowest BCUT2D eigenvalue weighted by molar-refractivity contribution is -0.227. The second-order valence-corrected chi connectivity index (χ2v) is 30.5. The third kappa shape index (κ3) is 12.1. The first-order chi connectivity index (χ1) is 37.5. The van der Waals surface area contributed by atoms with E-state index in [1.165, 1.54) is 128 Å². The molecule has 10 nitrogen and oxygen atoms in total. The van der Waals surface area contributed by atoms with Crippen molar-refractivity contribution in [1.29, 1.82) is 0 Å². The van der Waals surface area contributed by atoms with E-state index in [1.807, 2.05) is 34.6 Å². The SMILES string of the molecule is CCC(C)C(=O)OC1(C(C)C)C2CC3CC(C2)CC1C3.CCC(C)C(=O)OC1(C)C2CC3CC(C2)CC1C3.CCC(C)C(=O)OC1(CC)C2CC3CC(C2)CC1C3.CCC(C)C(=O)OCC(=O)OC1(C)C2CC3CC(C2)CC1C3. The molecule has 0 aromatic carbocycles. The molecule has 10 heteroatoms. The summed E-state index contributed by atoms with van der Waals surface area (Å²) in [5, 5.41) is 0. The Morgan fingerprint density at radius 1 is 0.354 bits per heavy atom. The molecule has 0 spiro atoms. The monoisotopic (exact) mass is 1100 g/mol. The van der Waals surface area contributed by atoms with Crippen LogP contribution < -0.4 is 0 Å². The van der Waals surface area contributed by atoms with Crippen LogP contribution in [0.3, 0.4) is 0 Å². The van der Waals surface area contributed by atoms with Gasteiger partial charge in [-0.3, -0.25) is 19.2 Å². The predicted molar refractivity (Wildman–Crippen MR) is 309 cm³/mol. The van der Waals surface area contributed by atoms with Gasteiger partial charge in [0.25, 0.3) is 0 Å². The summed E-state index contributed by atoms with van der Waals surface area (Å²) in [6.45, 7) is 26.8. The van der Waals surface area contributed by atoms with Gasteiger partial charge >= 0.3 is 29.8 Å². The molecule has 16 aliphatic rings. The fourth-order valence-electron chi connectivity index (χ4n) is 20.6. The quantitative estimate of drug-likeness (QED) is 0.109. The van der Waals surface area contributed by atoms with Crippen LogP contribution in [0.25, 0.3) is 0 Å². The molecule has 16 saturated carbocycles. The van der Waals surface area contributed by atoms with Crippen molar-refractivity contribution in [2.45, 2.75) is 273 Å². The van der Waals surface area contributed by atoms with Gasteiger partial charge in [-0.05, 0) is 275 Å². The predicted octanol–water partition coefficient (Wildman–Crippen LogP) is 15.7. The average molecular weight is 1100 g/mol. The lowest BCUT2D eigenvalue weighted by Crippen LogP contribution is -2.62. The van der Waals surface area contributed by atoms with Crippen molar-refractivity contribution in [3.63, 3.8) is 0 Å². The van der Waals surface area contributed by atoms with Gasteiger partial charge in [0, 0.05) is 0 Å². The summed E-state index contributed by atoms with van der Waals surface area (Å²) >= 11 is 0. The molecule has 16 fully saturated rings. The van der Waals surface area contributed by atoms with Crippen molar-refractivity contribution in [3.05, 3.63) is 0 Å². The van der Waals surface area contributed by atoms with Crippen LogP contribution in [0.5, 0.6) is 0 Å². The number of esters is 5. The molecule has 0 aliphatic heterocycles. The summed E-state index contributed by atoms with van der Waals surface area (Å²) in [5.41, 5.74) is -0.733. The van der Waals surface area contributed by atoms with Gasteiger partial charge in [-0.2, -0.15) is 0 Å². The van der Waals surface area contributed by atoms with Crippen LogP contribution in [0.15, 0.2) is 0 Å². The minimum Gasteiger partial charge on any atom is -0.459 e. The summed E-state index contributed by atoms with van der Waals surface area (Å²) < 4.78 is 29.4. The third-order valence-corrected chi connectivity index (χ3v) is 25.5. The minimum atomic E-state index is -0.383. The van der Waals surface area contributed by atoms with Crippen LogP contribution in [0.4, 0.5) is 0 Å². The molecule has 0 N–H and O–H groups in total. The molecule has 0 heterocycles. The second kappa shape index (κ2) is 24.5. The molecule has 16 rings (SSSR count). The van der Waals surface area contributed by atoms with Crippen molar-refractivity contribution in [1.82, 2.24) is 0 Å². The van der Waals surface area contributed by atoms with E-state index < -0.39 is 0 Å². The number of carbonyl (C=O) groups excluding carboxylic acids is 5. The van der Waals surface area contributed by atoms with Crippen LogP contribution in [0.2, 0.25) is 0 Å². The van der Waals surface area contributed by atoms with Crippen molar-refractivity contribution >= 4 is 29.8 Å². The van der Waals surface area contributed by atoms with E-state index in [2.05, 4.69) is 55.4 Å². The summed E-state index contributed by atoms with van der Waals surface area (Å²) in [6.07, 6.45) is 30.6. The van der Waals surface area contributed by atoms with Crippen molar-refractivity contribution in [3.8, 4) is 0 Å². The van der Waals surface area contributed by atoms with Gasteiger partial charge in [0.2, 0.25) is 0 Å². The molecule has 16 bridgehead atoms. The molecule has 4 atom stereocenters. The maximum Gasteiger partial charge on any atom is 0.344 e. The topological polar surface area (TPSA) is 132 Å². The minimum absolute atomic E-state index is 0.0347. The summed E-state index contributed by atoms with van der Waals surface area (Å²) in [4.78, 5) is 60.7. The van der Waals surface area contributed by atoms with E-state index in [0.717, 1.165) is 79.4 Å². The van der Waals surface area contributed by atoms with Crippen molar-refractivity contribution in [2.24, 2.45) is 124 Å². The zero-order chi connectivity index (χ0) is 56.9. The molecule has 0 amide bonds. The number of hydrogen-bond donors (Lipinski definition) is 0. The summed E-state index contributed by atoms with van der Waals surface area (Å²) in [5.74, 6) is 12.0. The van der Waals surface area contributed by atoms with Gasteiger partial charge < -0.3 is 23.7 Å². The highest BCUT2D eigenvalue weighted by Crippen LogP contribution is 2.64. The molecule has 0 aromatic heterocycles. The van der Waals surface area contributed by atoms with E-state index in [9.17, 15) is 24.0 Å². The van der Waals surface area contributed by atoms with Gasteiger partial charge in [-0.25, -0.2) is 4.79 Å². The van der Waals surface area contributed by atoms with Gasteiger partial charge in [0.1, 0.15) is 22.4 Å². The van der Waals surface area contributed by atoms with E-state index in [-0.39, 0.29) is 82.5 Å². The Bertz CT molecular complexity index is 2030. The van der Waals surface area contributed by atoms with Gasteiger partial charge in [0.05, 0.1) is 23.7 Å². The Morgan fingerprint density at radius 3 is 0.949 bits per heavy atom. The summed E-state index contributed by atoms with van der Waals surface area (Å²) in [7, 11) is 0. The molecule has 4 unspecified atom stereocenters. The van der Waals surface area contributed by atoms with Crippen LogP contribution in [-0.2, 0) is 47.7 Å². The molecule has 0 saturated heterocycles. The highest BCUT2D eigenvalue weighted by molar-refractivity contribution is 5.78. The Balaban J connectivity index is 0.000000128. The van der Waals surface area contributed by atoms with E-state index in [0.29, 0.717) is 53.3 Å². The van der Waals surface area contributed by atoms with Crippen LogP contribution in [0, 0.1) is 124 Å². The van der Waals surface area contributed by atoms with Crippen LogP contribution in [-0.4, -0.2) is 58.9 Å². The first-order valence-electron chi connectivity index (χ1n) is 33.6. The lowest BCUT2D eigenvalue weighted by atomic mass is 9.47. The first kappa shape index (κ1) is 60.9. The smallest absolute Gasteiger partial charge is 0.344 e. The van der Waals surface area contributed by atoms with Crippen molar-refractivity contribution < 1.29 is 47.7 Å². The van der Waals surface area contributed by atoms with Crippen LogP contribution in [0.1, 0.15) is 251 Å². The third-order valence-electron chi connectivity index (χ3n) is 25.5. The van der Waals surface area contributed by atoms with E-state index >= 15 is 0 Å². The molecule has 0 aromatic rings. The lowest BCUT2D eigenvalue weighted by Gasteiger charge is -2.62. The average Bonchev–Trinajstić information content (AvgIpc) is 3.08. The highest BCUT2D eigenvalue weighted by Gasteiger charge is 2.63. The molecular formula is C69H112O10. The molecular weight excluding hydrogens is 989 g/mol. The fraction of sp³-hybridized carbons (Fsp3) is 0.928. The van der Waals surface area contributed by atoms with Gasteiger partial charge in [-0.1, -0.05) is 76.2 Å². The Labute approximate surface area is 479 Å². The zero-order valence-corrected chi connectivity index (χ0v) is 52.1. The summed E-state index contributed by atoms with van der Waals surface area (Å²) in [6, 6.07) is 0. The Kier molecular flexibility index (Phi) is 18.9. The zero-order valence-electron chi connectivity index (χ0n) is 52.1. The van der Waals surface area contributed by atoms with Crippen molar-refractivity contribution in [2.75, 3.05) is 6.61 Å². The maximum absolute atomic E-state index is 12.5. The maximum atomic E-state index is 12.5. The number of rotatable bonds is 16. The first-order valence-corrected chi connectivity index (χ1v) is 33.6. The largest absolute Gasteiger partial charge is 0.459 e. The highest BCUT2D eigenvalue weighted by atomic mass is 16.6. The van der Waals surface area contributed by atoms with Crippen LogP contribution >= 0.6 is 0 Å². The molecule has 448 valence electrons. The molecule has 79 heavy (non-hydrogen) atoms. The van der Waals surface area contributed by atoms with Gasteiger partial charge in [-0.15, -0.1) is 0 Å². The second-order valence-electron chi connectivity index (χ2n) is 30.5. The molecule has 0 radical (unpaired) electrons. The Hall–Kier alpha value is -2.65. The van der Waals surface area contributed by atoms with E-state index in [1.54, 1.807) is 0 Å². The fourth-order valence-corrected chi connectivity index (χ4v) is 20.6. The van der Waals surface area contributed by atoms with Gasteiger partial charge in [0.15, 0.2) is 6.61 Å². The Morgan fingerprint density at radius 2 is 0.633 bits per heavy atom. The number of ether oxygens (including phenoxy) is 5. The normalized spacial score (nSPS) is 43.9. The molecule has 16 aliphatic carbocycles.